The topological polar surface area (TPSA) is 0 Å². The Morgan fingerprint density at radius 3 is 2.67 bits per heavy atom. The maximum Gasteiger partial charge on any atom is -0.0202 e. The molecule has 0 heterocycles. The van der Waals surface area contributed by atoms with Gasteiger partial charge in [-0.25, -0.2) is 0 Å². The van der Waals surface area contributed by atoms with Gasteiger partial charge in [-0.2, -0.15) is 0 Å². The summed E-state index contributed by atoms with van der Waals surface area (Å²) >= 11 is 0. The van der Waals surface area contributed by atoms with Gasteiger partial charge in [-0.3, -0.25) is 0 Å². The second kappa shape index (κ2) is 4.10. The van der Waals surface area contributed by atoms with Crippen LogP contribution in [0.2, 0.25) is 0 Å². The molecule has 0 saturated heterocycles. The molecule has 0 bridgehead atoms. The van der Waals surface area contributed by atoms with Crippen molar-refractivity contribution in [3.05, 3.63) is 48.1 Å². The fourth-order valence-corrected chi connectivity index (χ4v) is 1.59. The Morgan fingerprint density at radius 1 is 1.33 bits per heavy atom. The number of hydrogen-bond acceptors (Lipinski definition) is 0. The lowest BCUT2D eigenvalue weighted by molar-refractivity contribution is 0.787. The van der Waals surface area contributed by atoms with Crippen molar-refractivity contribution in [2.45, 2.75) is 26.2 Å². The first kappa shape index (κ1) is 9.05. The zero-order valence-electron chi connectivity index (χ0n) is 7.77. The standard InChI is InChI=1S/C12H16/c1-4-7-12-10(3)8-6-9-11(12)5-2/h4-5,7H,2-3,6,8-9H2,1H3/b7-4-. The minimum atomic E-state index is 1.14. The molecule has 0 unspecified atom stereocenters. The molecule has 0 heteroatoms. The molecular formula is C12H16. The van der Waals surface area contributed by atoms with Crippen LogP contribution in [0.1, 0.15) is 26.2 Å². The van der Waals surface area contributed by atoms with E-state index in [2.05, 4.69) is 25.3 Å². The summed E-state index contributed by atoms with van der Waals surface area (Å²) in [7, 11) is 0. The summed E-state index contributed by atoms with van der Waals surface area (Å²) in [5.41, 5.74) is 3.91. The molecule has 12 heavy (non-hydrogen) atoms. The van der Waals surface area contributed by atoms with Gasteiger partial charge in [0.25, 0.3) is 0 Å². The Kier molecular flexibility index (Phi) is 3.09. The molecule has 0 atom stereocenters. The van der Waals surface area contributed by atoms with E-state index in [9.17, 15) is 0 Å². The van der Waals surface area contributed by atoms with Gasteiger partial charge in [0.15, 0.2) is 0 Å². The molecule has 0 saturated carbocycles. The molecule has 0 aromatic carbocycles. The highest BCUT2D eigenvalue weighted by Crippen LogP contribution is 2.29. The average molecular weight is 160 g/mol. The van der Waals surface area contributed by atoms with E-state index in [0.29, 0.717) is 0 Å². The molecule has 0 aliphatic heterocycles. The van der Waals surface area contributed by atoms with Crippen LogP contribution in [-0.4, -0.2) is 0 Å². The summed E-state index contributed by atoms with van der Waals surface area (Å²) in [5, 5.41) is 0. The van der Waals surface area contributed by atoms with Gasteiger partial charge in [-0.1, -0.05) is 31.4 Å². The Morgan fingerprint density at radius 2 is 2.08 bits per heavy atom. The van der Waals surface area contributed by atoms with E-state index in [-0.39, 0.29) is 0 Å². The van der Waals surface area contributed by atoms with Crippen LogP contribution in [0.15, 0.2) is 48.1 Å². The van der Waals surface area contributed by atoms with Gasteiger partial charge in [0.05, 0.1) is 0 Å². The van der Waals surface area contributed by atoms with Gasteiger partial charge in [-0.05, 0) is 42.9 Å². The van der Waals surface area contributed by atoms with Crippen molar-refractivity contribution < 1.29 is 0 Å². The average Bonchev–Trinajstić information content (AvgIpc) is 2.09. The lowest BCUT2D eigenvalue weighted by Gasteiger charge is -2.17. The van der Waals surface area contributed by atoms with Crippen molar-refractivity contribution in [3.8, 4) is 0 Å². The Labute approximate surface area is 75.0 Å². The maximum absolute atomic E-state index is 4.06. The van der Waals surface area contributed by atoms with Crippen LogP contribution >= 0.6 is 0 Å². The third kappa shape index (κ3) is 1.76. The molecular weight excluding hydrogens is 144 g/mol. The Bertz CT molecular complexity index is 251. The Hall–Kier alpha value is -1.04. The number of allylic oxidation sites excluding steroid dienone is 6. The monoisotopic (exact) mass is 160 g/mol. The summed E-state index contributed by atoms with van der Waals surface area (Å²) in [4.78, 5) is 0. The van der Waals surface area contributed by atoms with E-state index in [1.54, 1.807) is 0 Å². The zero-order valence-corrected chi connectivity index (χ0v) is 7.77. The number of rotatable bonds is 2. The summed E-state index contributed by atoms with van der Waals surface area (Å²) in [5.74, 6) is 0. The smallest absolute Gasteiger partial charge is 0.0202 e. The molecule has 64 valence electrons. The first-order valence-corrected chi connectivity index (χ1v) is 4.46. The molecule has 0 aromatic heterocycles. The first-order valence-electron chi connectivity index (χ1n) is 4.46. The fraction of sp³-hybridized carbons (Fsp3) is 0.333. The van der Waals surface area contributed by atoms with Crippen LogP contribution < -0.4 is 0 Å². The molecule has 0 spiro atoms. The van der Waals surface area contributed by atoms with Crippen LogP contribution in [0.4, 0.5) is 0 Å². The predicted octanol–water partition coefficient (Wildman–Crippen LogP) is 3.79. The molecule has 0 amide bonds. The highest BCUT2D eigenvalue weighted by Gasteiger charge is 2.10. The minimum Gasteiger partial charge on any atom is -0.0988 e. The van der Waals surface area contributed by atoms with Gasteiger partial charge < -0.3 is 0 Å². The Balaban J connectivity index is 3.03. The minimum absolute atomic E-state index is 1.14. The third-order valence-corrected chi connectivity index (χ3v) is 2.23. The van der Waals surface area contributed by atoms with Crippen molar-refractivity contribution in [2.75, 3.05) is 0 Å². The first-order chi connectivity index (χ1) is 5.79. The van der Waals surface area contributed by atoms with Gasteiger partial charge in [0.1, 0.15) is 0 Å². The van der Waals surface area contributed by atoms with Crippen LogP contribution in [0.3, 0.4) is 0 Å². The van der Waals surface area contributed by atoms with E-state index < -0.39 is 0 Å². The maximum atomic E-state index is 4.06. The largest absolute Gasteiger partial charge is 0.0988 e. The second-order valence-corrected chi connectivity index (χ2v) is 3.10. The van der Waals surface area contributed by atoms with Crippen LogP contribution in [0.25, 0.3) is 0 Å². The molecule has 1 aliphatic carbocycles. The quantitative estimate of drug-likeness (QED) is 0.576. The van der Waals surface area contributed by atoms with Crippen molar-refractivity contribution in [3.63, 3.8) is 0 Å². The van der Waals surface area contributed by atoms with E-state index in [4.69, 9.17) is 0 Å². The molecule has 0 fully saturated rings. The van der Waals surface area contributed by atoms with Crippen molar-refractivity contribution >= 4 is 0 Å². The van der Waals surface area contributed by atoms with Crippen molar-refractivity contribution in [2.24, 2.45) is 0 Å². The summed E-state index contributed by atoms with van der Waals surface area (Å²) in [6, 6.07) is 0. The third-order valence-electron chi connectivity index (χ3n) is 2.23. The van der Waals surface area contributed by atoms with Gasteiger partial charge in [0, 0.05) is 0 Å². The lowest BCUT2D eigenvalue weighted by atomic mass is 9.88. The summed E-state index contributed by atoms with van der Waals surface area (Å²) in [6.07, 6.45) is 9.67. The fourth-order valence-electron chi connectivity index (χ4n) is 1.59. The second-order valence-electron chi connectivity index (χ2n) is 3.10. The van der Waals surface area contributed by atoms with Crippen molar-refractivity contribution in [1.82, 2.24) is 0 Å². The zero-order chi connectivity index (χ0) is 8.97. The summed E-state index contributed by atoms with van der Waals surface area (Å²) in [6.45, 7) is 9.91. The van der Waals surface area contributed by atoms with E-state index in [1.807, 2.05) is 13.0 Å². The highest BCUT2D eigenvalue weighted by atomic mass is 14.2. The molecule has 1 aliphatic rings. The van der Waals surface area contributed by atoms with E-state index in [0.717, 1.165) is 12.8 Å². The molecule has 0 N–H and O–H groups in total. The molecule has 0 nitrogen and oxygen atoms in total. The lowest BCUT2D eigenvalue weighted by Crippen LogP contribution is -1.98. The van der Waals surface area contributed by atoms with Crippen LogP contribution in [0.5, 0.6) is 0 Å². The van der Waals surface area contributed by atoms with E-state index in [1.165, 1.54) is 23.1 Å². The van der Waals surface area contributed by atoms with Gasteiger partial charge in [0.2, 0.25) is 0 Å². The molecule has 0 aromatic rings. The molecule has 1 rings (SSSR count). The SMILES string of the molecule is C=CC1=C(/C=C\C)C(=C)CCC1. The normalized spacial score (nSPS) is 18.9. The van der Waals surface area contributed by atoms with Crippen LogP contribution in [-0.2, 0) is 0 Å². The van der Waals surface area contributed by atoms with E-state index >= 15 is 0 Å². The van der Waals surface area contributed by atoms with Crippen LogP contribution in [0, 0.1) is 0 Å². The number of hydrogen-bond donors (Lipinski definition) is 0. The van der Waals surface area contributed by atoms with Crippen molar-refractivity contribution in [1.29, 1.82) is 0 Å². The predicted molar refractivity (Wildman–Crippen MR) is 55.0 cm³/mol. The highest BCUT2D eigenvalue weighted by molar-refractivity contribution is 5.47. The van der Waals surface area contributed by atoms with Gasteiger partial charge in [-0.15, -0.1) is 0 Å². The van der Waals surface area contributed by atoms with Gasteiger partial charge >= 0.3 is 0 Å². The summed E-state index contributed by atoms with van der Waals surface area (Å²) < 4.78 is 0. The molecule has 0 radical (unpaired) electrons.